The van der Waals surface area contributed by atoms with Crippen LogP contribution in [0.5, 0.6) is 0 Å². The largest absolute Gasteiger partial charge is 0.416 e. The number of hydrogen-bond acceptors (Lipinski definition) is 3. The van der Waals surface area contributed by atoms with Crippen molar-refractivity contribution in [3.05, 3.63) is 42.0 Å². The zero-order valence-electron chi connectivity index (χ0n) is 16.3. The molecule has 1 saturated heterocycles. The second kappa shape index (κ2) is 6.93. The van der Waals surface area contributed by atoms with Gasteiger partial charge in [-0.25, -0.2) is 9.78 Å². The predicted octanol–water partition coefficient (Wildman–Crippen LogP) is 4.66. The molecule has 2 aliphatic heterocycles. The minimum Gasteiger partial charge on any atom is -0.363 e. The lowest BCUT2D eigenvalue weighted by Crippen LogP contribution is -2.49. The third-order valence-electron chi connectivity index (χ3n) is 6.10. The summed E-state index contributed by atoms with van der Waals surface area (Å²) >= 11 is 0. The quantitative estimate of drug-likeness (QED) is 0.809. The fraction of sp³-hybridized carbons (Fsp3) is 0.429. The van der Waals surface area contributed by atoms with Crippen LogP contribution in [0.3, 0.4) is 0 Å². The molecule has 0 aliphatic carbocycles. The Morgan fingerprint density at radius 3 is 2.72 bits per heavy atom. The number of halogens is 3. The number of urea groups is 1. The van der Waals surface area contributed by atoms with Crippen LogP contribution >= 0.6 is 0 Å². The van der Waals surface area contributed by atoms with Crippen LogP contribution in [-0.4, -0.2) is 29.6 Å². The predicted molar refractivity (Wildman–Crippen MR) is 106 cm³/mol. The van der Waals surface area contributed by atoms with Crippen molar-refractivity contribution >= 4 is 17.5 Å². The zero-order chi connectivity index (χ0) is 20.9. The summed E-state index contributed by atoms with van der Waals surface area (Å²) in [5.41, 5.74) is 6.46. The smallest absolute Gasteiger partial charge is 0.363 e. The van der Waals surface area contributed by atoms with Crippen LogP contribution in [-0.2, 0) is 6.18 Å². The van der Waals surface area contributed by atoms with Gasteiger partial charge < -0.3 is 10.6 Å². The van der Waals surface area contributed by atoms with Gasteiger partial charge in [0.05, 0.1) is 23.0 Å². The number of fused-ring (bicyclic) bond motifs is 4. The first kappa shape index (κ1) is 19.5. The molecule has 4 rings (SSSR count). The van der Waals surface area contributed by atoms with Gasteiger partial charge in [-0.1, -0.05) is 32.4 Å². The third kappa shape index (κ3) is 3.30. The first-order chi connectivity index (χ1) is 13.7. The van der Waals surface area contributed by atoms with Gasteiger partial charge in [0.15, 0.2) is 5.82 Å². The van der Waals surface area contributed by atoms with Crippen LogP contribution < -0.4 is 15.5 Å². The molecule has 29 heavy (non-hydrogen) atoms. The van der Waals surface area contributed by atoms with Crippen LogP contribution in [0, 0.1) is 5.92 Å². The Bertz CT molecular complexity index is 946. The maximum absolute atomic E-state index is 13.1. The summed E-state index contributed by atoms with van der Waals surface area (Å²) < 4.78 is 39.3. The highest BCUT2D eigenvalue weighted by Gasteiger charge is 2.45. The molecule has 0 spiro atoms. The van der Waals surface area contributed by atoms with Crippen molar-refractivity contribution in [2.24, 2.45) is 11.7 Å². The van der Waals surface area contributed by atoms with Crippen molar-refractivity contribution in [1.29, 1.82) is 0 Å². The number of hydrogen-bond donors (Lipinski definition) is 1. The normalized spacial score (nSPS) is 21.8. The van der Waals surface area contributed by atoms with Crippen molar-refractivity contribution in [3.8, 4) is 11.3 Å². The molecule has 1 aromatic heterocycles. The average molecular weight is 404 g/mol. The maximum atomic E-state index is 13.1. The monoisotopic (exact) mass is 404 g/mol. The van der Waals surface area contributed by atoms with E-state index in [1.807, 2.05) is 6.07 Å². The van der Waals surface area contributed by atoms with Crippen molar-refractivity contribution < 1.29 is 18.0 Å². The lowest BCUT2D eigenvalue weighted by molar-refractivity contribution is -0.137. The van der Waals surface area contributed by atoms with E-state index in [9.17, 15) is 18.0 Å². The van der Waals surface area contributed by atoms with E-state index in [1.54, 1.807) is 12.1 Å². The van der Waals surface area contributed by atoms with Gasteiger partial charge in [0.1, 0.15) is 0 Å². The summed E-state index contributed by atoms with van der Waals surface area (Å²) in [5.74, 6) is 0.860. The first-order valence-electron chi connectivity index (χ1n) is 9.74. The summed E-state index contributed by atoms with van der Waals surface area (Å²) in [4.78, 5) is 20.6. The Balaban J connectivity index is 1.79. The fourth-order valence-electron chi connectivity index (χ4n) is 4.43. The highest BCUT2D eigenvalue weighted by Crippen LogP contribution is 2.44. The molecule has 2 unspecified atom stereocenters. The van der Waals surface area contributed by atoms with Crippen molar-refractivity contribution in [1.82, 2.24) is 4.98 Å². The standard InChI is InChI=1S/C21H23F3N4O/c1-3-12(2)18-10-15-11-27(18)17-8-7-16(26-19(17)28(15)20(25)29)13-5-4-6-14(9-13)21(22,23)24/h4-9,12,15,18H,3,10-11H2,1-2H3,(H2,25,29)/t12-,15?,18?/m1/s1. The van der Waals surface area contributed by atoms with Crippen molar-refractivity contribution in [3.63, 3.8) is 0 Å². The Kier molecular flexibility index (Phi) is 4.67. The number of alkyl halides is 3. The molecule has 2 aromatic rings. The summed E-state index contributed by atoms with van der Waals surface area (Å²) in [6.07, 6.45) is -2.62. The number of carbonyl (C=O) groups is 1. The number of rotatable bonds is 3. The van der Waals surface area contributed by atoms with Crippen LogP contribution in [0.2, 0.25) is 0 Å². The number of pyridine rings is 1. The van der Waals surface area contributed by atoms with Gasteiger partial charge in [-0.05, 0) is 36.6 Å². The van der Waals surface area contributed by atoms with Crippen LogP contribution in [0.25, 0.3) is 11.3 Å². The van der Waals surface area contributed by atoms with Gasteiger partial charge in [0.25, 0.3) is 0 Å². The van der Waals surface area contributed by atoms with Crippen LogP contribution in [0.15, 0.2) is 36.4 Å². The molecule has 3 heterocycles. The Hall–Kier alpha value is -2.77. The molecule has 0 saturated carbocycles. The van der Waals surface area contributed by atoms with Crippen LogP contribution in [0.4, 0.5) is 29.5 Å². The molecule has 0 radical (unpaired) electrons. The van der Waals surface area contributed by atoms with Gasteiger partial charge in [-0.2, -0.15) is 13.2 Å². The van der Waals surface area contributed by atoms with E-state index in [0.717, 1.165) is 30.7 Å². The Morgan fingerprint density at radius 2 is 2.07 bits per heavy atom. The number of anilines is 2. The van der Waals surface area contributed by atoms with Crippen molar-refractivity contribution in [2.45, 2.75) is 44.9 Å². The van der Waals surface area contributed by atoms with Gasteiger partial charge in [0, 0.05) is 18.2 Å². The molecule has 1 fully saturated rings. The molecular weight excluding hydrogens is 381 g/mol. The highest BCUT2D eigenvalue weighted by molar-refractivity contribution is 5.96. The lowest BCUT2D eigenvalue weighted by Gasteiger charge is -2.37. The molecule has 1 aromatic carbocycles. The molecule has 2 aliphatic rings. The maximum Gasteiger partial charge on any atom is 0.416 e. The number of primary amides is 1. The number of aromatic nitrogens is 1. The highest BCUT2D eigenvalue weighted by atomic mass is 19.4. The van der Waals surface area contributed by atoms with E-state index in [4.69, 9.17) is 5.73 Å². The van der Waals surface area contributed by atoms with Gasteiger partial charge in [-0.15, -0.1) is 0 Å². The molecule has 2 amide bonds. The summed E-state index contributed by atoms with van der Waals surface area (Å²) in [6.45, 7) is 5.01. The van der Waals surface area contributed by atoms with Crippen molar-refractivity contribution in [2.75, 3.05) is 16.3 Å². The summed E-state index contributed by atoms with van der Waals surface area (Å²) in [5, 5.41) is 0. The lowest BCUT2D eigenvalue weighted by atomic mass is 9.96. The molecule has 8 heteroatoms. The fourth-order valence-corrected chi connectivity index (χ4v) is 4.43. The van der Waals surface area contributed by atoms with Crippen LogP contribution in [0.1, 0.15) is 32.3 Å². The molecule has 5 nitrogen and oxygen atoms in total. The van der Waals surface area contributed by atoms with E-state index in [-0.39, 0.29) is 12.1 Å². The molecule has 2 bridgehead atoms. The number of carbonyl (C=O) groups excluding carboxylic acids is 1. The number of amides is 2. The van der Waals surface area contributed by atoms with Gasteiger partial charge >= 0.3 is 12.2 Å². The SMILES string of the molecule is CC[C@@H](C)C1CC2CN1c1ccc(-c3cccc(C(F)(F)F)c3)nc1N2C(N)=O. The minimum absolute atomic E-state index is 0.0803. The van der Waals surface area contributed by atoms with E-state index in [2.05, 4.69) is 23.7 Å². The minimum atomic E-state index is -4.43. The number of benzene rings is 1. The number of nitrogens with two attached hydrogens (primary N) is 1. The molecule has 3 atom stereocenters. The summed E-state index contributed by atoms with van der Waals surface area (Å²) in [7, 11) is 0. The van der Waals surface area contributed by atoms with Gasteiger partial charge in [-0.3, -0.25) is 4.90 Å². The second-order valence-electron chi connectivity index (χ2n) is 7.82. The van der Waals surface area contributed by atoms with Gasteiger partial charge in [0.2, 0.25) is 0 Å². The Labute approximate surface area is 167 Å². The first-order valence-corrected chi connectivity index (χ1v) is 9.74. The van der Waals surface area contributed by atoms with E-state index in [0.29, 0.717) is 29.5 Å². The third-order valence-corrected chi connectivity index (χ3v) is 6.10. The second-order valence-corrected chi connectivity index (χ2v) is 7.82. The zero-order valence-corrected chi connectivity index (χ0v) is 16.3. The summed E-state index contributed by atoms with van der Waals surface area (Å²) in [6, 6.07) is 8.19. The van der Waals surface area contributed by atoms with E-state index < -0.39 is 17.8 Å². The molecule has 2 N–H and O–H groups in total. The topological polar surface area (TPSA) is 62.5 Å². The molecular formula is C21H23F3N4O. The number of nitrogens with zero attached hydrogens (tertiary/aromatic N) is 3. The average Bonchev–Trinajstić information content (AvgIpc) is 3.06. The molecule has 154 valence electrons. The van der Waals surface area contributed by atoms with E-state index >= 15 is 0 Å². The van der Waals surface area contributed by atoms with E-state index in [1.165, 1.54) is 11.0 Å². The Morgan fingerprint density at radius 1 is 1.31 bits per heavy atom.